The van der Waals surface area contributed by atoms with E-state index in [0.29, 0.717) is 0 Å². The third kappa shape index (κ3) is 1.38. The van der Waals surface area contributed by atoms with Gasteiger partial charge in [0.2, 0.25) is 0 Å². The second-order valence-corrected chi connectivity index (χ2v) is 2.46. The Balaban J connectivity index is 0.000000605. The average Bonchev–Trinajstić information content (AvgIpc) is 2.33. The number of fused-ring (bicyclic) bond motifs is 1. The summed E-state index contributed by atoms with van der Waals surface area (Å²) in [5, 5.41) is 1.17. The van der Waals surface area contributed by atoms with Crippen LogP contribution in [0.1, 0.15) is 5.56 Å². The molecule has 2 heteroatoms. The third-order valence-electron chi connectivity index (χ3n) is 1.61. The number of halogens is 1. The third-order valence-corrected chi connectivity index (χ3v) is 1.61. The Bertz CT molecular complexity index is 351. The van der Waals surface area contributed by atoms with Crippen LogP contribution in [-0.2, 0) is 0 Å². The molecule has 0 saturated heterocycles. The van der Waals surface area contributed by atoms with Crippen molar-refractivity contribution in [3.05, 3.63) is 36.1 Å². The maximum Gasteiger partial charge on any atom is 0.134 e. The van der Waals surface area contributed by atoms with Crippen molar-refractivity contribution >= 4 is 23.4 Å². The lowest BCUT2D eigenvalue weighted by Gasteiger charge is -1.89. The molecule has 0 aliphatic rings. The lowest BCUT2D eigenvalue weighted by molar-refractivity contribution is 0.615. The molecular formula is C9H9ClO. The maximum atomic E-state index is 5.20. The molecule has 1 nitrogen and oxygen atoms in total. The molecule has 0 radical (unpaired) electrons. The number of aryl methyl sites for hydroxylation is 1. The molecule has 1 aromatic heterocycles. The Hall–Kier alpha value is -0.950. The molecule has 0 bridgehead atoms. The molecule has 0 saturated carbocycles. The van der Waals surface area contributed by atoms with E-state index >= 15 is 0 Å². The van der Waals surface area contributed by atoms with Crippen LogP contribution >= 0.6 is 12.4 Å². The molecule has 1 aromatic carbocycles. The van der Waals surface area contributed by atoms with E-state index in [0.717, 1.165) is 5.58 Å². The first-order chi connectivity index (χ1) is 4.86. The average molecular weight is 169 g/mol. The smallest absolute Gasteiger partial charge is 0.134 e. The first kappa shape index (κ1) is 8.15. The summed E-state index contributed by atoms with van der Waals surface area (Å²) in [5.41, 5.74) is 2.21. The second kappa shape index (κ2) is 2.97. The second-order valence-electron chi connectivity index (χ2n) is 2.46. The van der Waals surface area contributed by atoms with Gasteiger partial charge in [-0.3, -0.25) is 0 Å². The summed E-state index contributed by atoms with van der Waals surface area (Å²) in [4.78, 5) is 0. The van der Waals surface area contributed by atoms with Gasteiger partial charge in [-0.1, -0.05) is 12.1 Å². The molecule has 1 heterocycles. The van der Waals surface area contributed by atoms with Crippen LogP contribution in [0.3, 0.4) is 0 Å². The predicted molar refractivity (Wildman–Crippen MR) is 48.2 cm³/mol. The molecule has 0 aliphatic heterocycles. The molecule has 58 valence electrons. The molecule has 0 unspecified atom stereocenters. The number of hydrogen-bond donors (Lipinski definition) is 0. The molecular weight excluding hydrogens is 160 g/mol. The van der Waals surface area contributed by atoms with E-state index in [-0.39, 0.29) is 12.4 Å². The van der Waals surface area contributed by atoms with E-state index in [1.807, 2.05) is 12.1 Å². The summed E-state index contributed by atoms with van der Waals surface area (Å²) < 4.78 is 5.20. The first-order valence-corrected chi connectivity index (χ1v) is 3.30. The number of furan rings is 1. The summed E-state index contributed by atoms with van der Waals surface area (Å²) in [6, 6.07) is 8.15. The van der Waals surface area contributed by atoms with Crippen molar-refractivity contribution in [3.63, 3.8) is 0 Å². The quantitative estimate of drug-likeness (QED) is 0.589. The first-order valence-electron chi connectivity index (χ1n) is 3.30. The number of benzene rings is 1. The van der Waals surface area contributed by atoms with Gasteiger partial charge in [0.15, 0.2) is 0 Å². The van der Waals surface area contributed by atoms with Gasteiger partial charge in [0, 0.05) is 5.39 Å². The highest BCUT2D eigenvalue weighted by Crippen LogP contribution is 2.15. The summed E-state index contributed by atoms with van der Waals surface area (Å²) in [6.45, 7) is 2.06. The van der Waals surface area contributed by atoms with Crippen LogP contribution in [0.4, 0.5) is 0 Å². The Morgan fingerprint density at radius 3 is 2.82 bits per heavy atom. The fourth-order valence-corrected chi connectivity index (χ4v) is 1.06. The summed E-state index contributed by atoms with van der Waals surface area (Å²) >= 11 is 0. The molecule has 2 aromatic rings. The van der Waals surface area contributed by atoms with Gasteiger partial charge in [0.05, 0.1) is 6.26 Å². The minimum absolute atomic E-state index is 0. The molecule has 0 fully saturated rings. The van der Waals surface area contributed by atoms with Crippen molar-refractivity contribution in [1.82, 2.24) is 0 Å². The van der Waals surface area contributed by atoms with E-state index in [9.17, 15) is 0 Å². The van der Waals surface area contributed by atoms with E-state index in [4.69, 9.17) is 4.42 Å². The van der Waals surface area contributed by atoms with Crippen molar-refractivity contribution in [2.24, 2.45) is 0 Å². The highest BCUT2D eigenvalue weighted by Gasteiger charge is 1.93. The fourth-order valence-electron chi connectivity index (χ4n) is 1.06. The van der Waals surface area contributed by atoms with Crippen LogP contribution in [0.2, 0.25) is 0 Å². The SMILES string of the molecule is Cc1ccc2ccoc2c1.Cl. The molecule has 11 heavy (non-hydrogen) atoms. The van der Waals surface area contributed by atoms with Crippen molar-refractivity contribution in [3.8, 4) is 0 Å². The van der Waals surface area contributed by atoms with Crippen LogP contribution in [0.5, 0.6) is 0 Å². The molecule has 0 aliphatic carbocycles. The highest BCUT2D eigenvalue weighted by molar-refractivity contribution is 5.85. The lowest BCUT2D eigenvalue weighted by Crippen LogP contribution is -1.67. The lowest BCUT2D eigenvalue weighted by atomic mass is 10.2. The highest BCUT2D eigenvalue weighted by atomic mass is 35.5. The van der Waals surface area contributed by atoms with Crippen molar-refractivity contribution in [2.45, 2.75) is 6.92 Å². The molecule has 0 N–H and O–H groups in total. The van der Waals surface area contributed by atoms with Gasteiger partial charge < -0.3 is 4.42 Å². The van der Waals surface area contributed by atoms with E-state index in [1.54, 1.807) is 6.26 Å². The van der Waals surface area contributed by atoms with E-state index < -0.39 is 0 Å². The zero-order valence-corrected chi connectivity index (χ0v) is 7.02. The zero-order chi connectivity index (χ0) is 6.97. The normalized spacial score (nSPS) is 9.55. The minimum atomic E-state index is 0. The standard InChI is InChI=1S/C9H8O.ClH/c1-7-2-3-8-4-5-10-9(8)6-7;/h2-6H,1H3;1H. The Labute approximate surface area is 71.4 Å². The van der Waals surface area contributed by atoms with Crippen molar-refractivity contribution < 1.29 is 4.42 Å². The summed E-state index contributed by atoms with van der Waals surface area (Å²) in [7, 11) is 0. The Kier molecular flexibility index (Phi) is 2.20. The van der Waals surface area contributed by atoms with Gasteiger partial charge in [-0.25, -0.2) is 0 Å². The van der Waals surface area contributed by atoms with Crippen LogP contribution in [0, 0.1) is 6.92 Å². The van der Waals surface area contributed by atoms with Gasteiger partial charge in [0.1, 0.15) is 5.58 Å². The zero-order valence-electron chi connectivity index (χ0n) is 6.20. The molecule has 0 amide bonds. The Morgan fingerprint density at radius 1 is 1.18 bits per heavy atom. The van der Waals surface area contributed by atoms with Crippen LogP contribution in [0.15, 0.2) is 34.9 Å². The maximum absolute atomic E-state index is 5.20. The van der Waals surface area contributed by atoms with Crippen LogP contribution in [-0.4, -0.2) is 0 Å². The van der Waals surface area contributed by atoms with Crippen LogP contribution in [0.25, 0.3) is 11.0 Å². The monoisotopic (exact) mass is 168 g/mol. The minimum Gasteiger partial charge on any atom is -0.464 e. The van der Waals surface area contributed by atoms with Crippen molar-refractivity contribution in [1.29, 1.82) is 0 Å². The van der Waals surface area contributed by atoms with Crippen molar-refractivity contribution in [2.75, 3.05) is 0 Å². The largest absolute Gasteiger partial charge is 0.464 e. The van der Waals surface area contributed by atoms with Crippen LogP contribution < -0.4 is 0 Å². The van der Waals surface area contributed by atoms with Gasteiger partial charge >= 0.3 is 0 Å². The van der Waals surface area contributed by atoms with Gasteiger partial charge in [-0.05, 0) is 24.6 Å². The predicted octanol–water partition coefficient (Wildman–Crippen LogP) is 3.16. The summed E-state index contributed by atoms with van der Waals surface area (Å²) in [5.74, 6) is 0. The van der Waals surface area contributed by atoms with E-state index in [1.165, 1.54) is 10.9 Å². The topological polar surface area (TPSA) is 13.1 Å². The number of rotatable bonds is 0. The van der Waals surface area contributed by atoms with Gasteiger partial charge in [-0.2, -0.15) is 0 Å². The molecule has 2 rings (SSSR count). The van der Waals surface area contributed by atoms with E-state index in [2.05, 4.69) is 19.1 Å². The Morgan fingerprint density at radius 2 is 2.00 bits per heavy atom. The fraction of sp³-hybridized carbons (Fsp3) is 0.111. The van der Waals surface area contributed by atoms with Gasteiger partial charge in [0.25, 0.3) is 0 Å². The molecule has 0 atom stereocenters. The van der Waals surface area contributed by atoms with Gasteiger partial charge in [-0.15, -0.1) is 12.4 Å². The molecule has 0 spiro atoms. The number of hydrogen-bond acceptors (Lipinski definition) is 1. The summed E-state index contributed by atoms with van der Waals surface area (Å²) in [6.07, 6.45) is 1.71.